The molecular formula is C20H22N4OS. The van der Waals surface area contributed by atoms with Crippen LogP contribution in [0.2, 0.25) is 0 Å². The van der Waals surface area contributed by atoms with E-state index in [9.17, 15) is 4.79 Å². The first-order chi connectivity index (χ1) is 12.6. The lowest BCUT2D eigenvalue weighted by Gasteiger charge is -2.12. The third-order valence-corrected chi connectivity index (χ3v) is 5.28. The highest BCUT2D eigenvalue weighted by Gasteiger charge is 2.19. The number of nitrogens with one attached hydrogen (secondary N) is 1. The summed E-state index contributed by atoms with van der Waals surface area (Å²) in [5.74, 6) is 0.736. The van der Waals surface area contributed by atoms with Crippen LogP contribution in [-0.4, -0.2) is 25.9 Å². The van der Waals surface area contributed by atoms with Gasteiger partial charge in [-0.1, -0.05) is 61.2 Å². The number of hydrogen-bond donors (Lipinski definition) is 1. The van der Waals surface area contributed by atoms with Gasteiger partial charge in [-0.15, -0.1) is 10.2 Å². The topological polar surface area (TPSA) is 59.8 Å². The van der Waals surface area contributed by atoms with Gasteiger partial charge in [0.1, 0.15) is 0 Å². The first-order valence-corrected chi connectivity index (χ1v) is 9.47. The van der Waals surface area contributed by atoms with E-state index >= 15 is 0 Å². The molecule has 1 amide bonds. The van der Waals surface area contributed by atoms with Gasteiger partial charge in [-0.25, -0.2) is 0 Å². The number of anilines is 1. The molecule has 1 heterocycles. The summed E-state index contributed by atoms with van der Waals surface area (Å²) in [6.07, 6.45) is 0.983. The van der Waals surface area contributed by atoms with Crippen LogP contribution in [0, 0.1) is 0 Å². The molecule has 1 aromatic heterocycles. The van der Waals surface area contributed by atoms with Gasteiger partial charge in [-0.3, -0.25) is 4.79 Å². The number of nitrogens with zero attached hydrogens (tertiary/aromatic N) is 3. The van der Waals surface area contributed by atoms with Gasteiger partial charge in [-0.2, -0.15) is 0 Å². The normalized spacial score (nSPS) is 12.0. The zero-order chi connectivity index (χ0) is 18.5. The maximum Gasteiger partial charge on any atom is 0.237 e. The van der Waals surface area contributed by atoms with Crippen LogP contribution in [0.3, 0.4) is 0 Å². The van der Waals surface area contributed by atoms with E-state index in [1.165, 1.54) is 17.3 Å². The van der Waals surface area contributed by atoms with Crippen molar-refractivity contribution in [2.75, 3.05) is 5.32 Å². The molecule has 0 radical (unpaired) electrons. The average molecular weight is 366 g/mol. The highest BCUT2D eigenvalue weighted by molar-refractivity contribution is 8.00. The van der Waals surface area contributed by atoms with Crippen LogP contribution in [0.5, 0.6) is 0 Å². The van der Waals surface area contributed by atoms with Crippen LogP contribution in [0.25, 0.3) is 11.4 Å². The number of hydrogen-bond acceptors (Lipinski definition) is 4. The molecular weight excluding hydrogens is 344 g/mol. The smallest absolute Gasteiger partial charge is 0.237 e. The van der Waals surface area contributed by atoms with E-state index in [1.54, 1.807) is 0 Å². The predicted molar refractivity (Wildman–Crippen MR) is 106 cm³/mol. The molecule has 3 aromatic rings. The Bertz CT molecular complexity index is 875. The molecule has 0 spiro atoms. The van der Waals surface area contributed by atoms with Crippen LogP contribution in [0.4, 0.5) is 5.69 Å². The largest absolute Gasteiger partial charge is 0.325 e. The minimum Gasteiger partial charge on any atom is -0.325 e. The van der Waals surface area contributed by atoms with Gasteiger partial charge in [0, 0.05) is 18.3 Å². The number of aryl methyl sites for hydroxylation is 1. The van der Waals surface area contributed by atoms with Gasteiger partial charge in [0.15, 0.2) is 11.0 Å². The maximum atomic E-state index is 12.5. The molecule has 0 aliphatic heterocycles. The average Bonchev–Trinajstić information content (AvgIpc) is 3.03. The lowest BCUT2D eigenvalue weighted by molar-refractivity contribution is -0.115. The lowest BCUT2D eigenvalue weighted by Crippen LogP contribution is -2.22. The van der Waals surface area contributed by atoms with Gasteiger partial charge in [-0.05, 0) is 31.0 Å². The summed E-state index contributed by atoms with van der Waals surface area (Å²) in [7, 11) is 1.92. The van der Waals surface area contributed by atoms with E-state index < -0.39 is 0 Å². The Morgan fingerprint density at radius 1 is 1.12 bits per heavy atom. The summed E-state index contributed by atoms with van der Waals surface area (Å²) in [4.78, 5) is 12.5. The molecule has 0 fully saturated rings. The molecule has 1 N–H and O–H groups in total. The van der Waals surface area contributed by atoms with Crippen LogP contribution < -0.4 is 5.32 Å². The van der Waals surface area contributed by atoms with Crippen molar-refractivity contribution in [3.8, 4) is 11.4 Å². The molecule has 0 saturated carbocycles. The fraction of sp³-hybridized carbons (Fsp3) is 0.250. The molecule has 0 saturated heterocycles. The predicted octanol–water partition coefficient (Wildman–Crippen LogP) is 4.16. The zero-order valence-electron chi connectivity index (χ0n) is 15.1. The minimum absolute atomic E-state index is 0.0523. The number of aromatic nitrogens is 3. The second-order valence-electron chi connectivity index (χ2n) is 6.03. The molecule has 6 heteroatoms. The molecule has 3 rings (SSSR count). The van der Waals surface area contributed by atoms with E-state index in [0.717, 1.165) is 23.5 Å². The molecule has 0 aliphatic carbocycles. The second-order valence-corrected chi connectivity index (χ2v) is 7.34. The Morgan fingerprint density at radius 2 is 1.81 bits per heavy atom. The van der Waals surface area contributed by atoms with Gasteiger partial charge in [0.2, 0.25) is 5.91 Å². The summed E-state index contributed by atoms with van der Waals surface area (Å²) < 4.78 is 1.92. The van der Waals surface area contributed by atoms with Gasteiger partial charge < -0.3 is 9.88 Å². The van der Waals surface area contributed by atoms with Crippen LogP contribution >= 0.6 is 11.8 Å². The number of carbonyl (C=O) groups excluding carboxylic acids is 1. The summed E-state index contributed by atoms with van der Waals surface area (Å²) in [5, 5.41) is 11.9. The highest BCUT2D eigenvalue weighted by atomic mass is 32.2. The molecule has 0 unspecified atom stereocenters. The first-order valence-electron chi connectivity index (χ1n) is 8.59. The fourth-order valence-corrected chi connectivity index (χ4v) is 3.35. The third kappa shape index (κ3) is 4.14. The Kier molecular flexibility index (Phi) is 5.73. The zero-order valence-corrected chi connectivity index (χ0v) is 16.0. The summed E-state index contributed by atoms with van der Waals surface area (Å²) >= 11 is 1.40. The van der Waals surface area contributed by atoms with Crippen molar-refractivity contribution in [2.45, 2.75) is 30.7 Å². The summed E-state index contributed by atoms with van der Waals surface area (Å²) in [6.45, 7) is 3.98. The molecule has 134 valence electrons. The molecule has 2 aromatic carbocycles. The van der Waals surface area contributed by atoms with E-state index in [2.05, 4.69) is 22.4 Å². The van der Waals surface area contributed by atoms with Crippen molar-refractivity contribution in [1.29, 1.82) is 0 Å². The second kappa shape index (κ2) is 8.19. The Labute approximate surface area is 157 Å². The first kappa shape index (κ1) is 18.2. The number of carbonyl (C=O) groups is 1. The summed E-state index contributed by atoms with van der Waals surface area (Å²) in [6, 6.07) is 17.8. The minimum atomic E-state index is -0.285. The van der Waals surface area contributed by atoms with Crippen LogP contribution in [0.1, 0.15) is 19.4 Å². The van der Waals surface area contributed by atoms with E-state index in [0.29, 0.717) is 5.16 Å². The third-order valence-electron chi connectivity index (χ3n) is 4.15. The number of rotatable bonds is 6. The molecule has 26 heavy (non-hydrogen) atoms. The van der Waals surface area contributed by atoms with Crippen molar-refractivity contribution in [1.82, 2.24) is 14.8 Å². The quantitative estimate of drug-likeness (QED) is 0.665. The Balaban J connectivity index is 1.66. The number of benzene rings is 2. The van der Waals surface area contributed by atoms with Gasteiger partial charge in [0.05, 0.1) is 5.25 Å². The lowest BCUT2D eigenvalue weighted by atomic mass is 10.1. The molecule has 5 nitrogen and oxygen atoms in total. The summed E-state index contributed by atoms with van der Waals surface area (Å²) in [5.41, 5.74) is 3.06. The maximum absolute atomic E-state index is 12.5. The van der Waals surface area contributed by atoms with E-state index in [-0.39, 0.29) is 11.2 Å². The van der Waals surface area contributed by atoms with Crippen LogP contribution in [-0.2, 0) is 18.3 Å². The molecule has 1 atom stereocenters. The highest BCUT2D eigenvalue weighted by Crippen LogP contribution is 2.26. The van der Waals surface area contributed by atoms with Gasteiger partial charge >= 0.3 is 0 Å². The van der Waals surface area contributed by atoms with Gasteiger partial charge in [0.25, 0.3) is 0 Å². The van der Waals surface area contributed by atoms with Crippen molar-refractivity contribution in [3.63, 3.8) is 0 Å². The standard InChI is InChI=1S/C20H22N4OS/c1-4-15-10-12-17(13-11-15)21-19(25)14(2)26-20-23-22-18(24(20)3)16-8-6-5-7-9-16/h5-14H,4H2,1-3H3,(H,21,25)/t14-/m0/s1. The van der Waals surface area contributed by atoms with Crippen molar-refractivity contribution >= 4 is 23.4 Å². The van der Waals surface area contributed by atoms with Crippen molar-refractivity contribution < 1.29 is 4.79 Å². The van der Waals surface area contributed by atoms with Crippen LogP contribution in [0.15, 0.2) is 59.8 Å². The number of thioether (sulfide) groups is 1. The monoisotopic (exact) mass is 366 g/mol. The Hall–Kier alpha value is -2.60. The SMILES string of the molecule is CCc1ccc(NC(=O)[C@H](C)Sc2nnc(-c3ccccc3)n2C)cc1. The van der Waals surface area contributed by atoms with Crippen molar-refractivity contribution in [2.24, 2.45) is 7.05 Å². The number of amides is 1. The Morgan fingerprint density at radius 3 is 2.46 bits per heavy atom. The van der Waals surface area contributed by atoms with E-state index in [1.807, 2.05) is 73.1 Å². The fourth-order valence-electron chi connectivity index (χ4n) is 2.54. The van der Waals surface area contributed by atoms with E-state index in [4.69, 9.17) is 0 Å². The van der Waals surface area contributed by atoms with Crippen molar-refractivity contribution in [3.05, 3.63) is 60.2 Å². The molecule has 0 aliphatic rings. The molecule has 0 bridgehead atoms.